The van der Waals surface area contributed by atoms with E-state index < -0.39 is 0 Å². The minimum absolute atomic E-state index is 0.0375. The molecular weight excluding hydrogens is 358 g/mol. The molecule has 164 valence electrons. The Morgan fingerprint density at radius 2 is 1.97 bits per heavy atom. The van der Waals surface area contributed by atoms with Gasteiger partial charge in [-0.1, -0.05) is 13.0 Å². The lowest BCUT2D eigenvalue weighted by molar-refractivity contribution is -0.110. The molecule has 2 heterocycles. The van der Waals surface area contributed by atoms with E-state index >= 15 is 0 Å². The van der Waals surface area contributed by atoms with Gasteiger partial charge < -0.3 is 4.74 Å². The molecule has 0 aromatic carbocycles. The molecule has 0 unspecified atom stereocenters. The first-order chi connectivity index (χ1) is 13.6. The number of nitrogens with zero attached hydrogens (tertiary/aromatic N) is 3. The van der Waals surface area contributed by atoms with Crippen molar-refractivity contribution in [3.8, 4) is 0 Å². The number of hydrogen-bond donors (Lipinski definition) is 0. The van der Waals surface area contributed by atoms with Crippen LogP contribution in [0.4, 0.5) is 0 Å². The van der Waals surface area contributed by atoms with E-state index in [4.69, 9.17) is 4.74 Å². The summed E-state index contributed by atoms with van der Waals surface area (Å²) >= 11 is 0. The van der Waals surface area contributed by atoms with Crippen LogP contribution < -0.4 is 0 Å². The first kappa shape index (κ1) is 24.0. The van der Waals surface area contributed by atoms with E-state index in [-0.39, 0.29) is 16.6 Å². The molecule has 1 aromatic heterocycles. The van der Waals surface area contributed by atoms with Crippen LogP contribution in [-0.2, 0) is 10.3 Å². The summed E-state index contributed by atoms with van der Waals surface area (Å²) < 4.78 is 6.34. The predicted molar refractivity (Wildman–Crippen MR) is 124 cm³/mol. The third-order valence-electron chi connectivity index (χ3n) is 7.39. The fourth-order valence-electron chi connectivity index (χ4n) is 4.95. The summed E-state index contributed by atoms with van der Waals surface area (Å²) in [4.78, 5) is 11.7. The molecule has 29 heavy (non-hydrogen) atoms. The Kier molecular flexibility index (Phi) is 8.03. The van der Waals surface area contributed by atoms with Gasteiger partial charge in [0.15, 0.2) is 0 Å². The van der Waals surface area contributed by atoms with Gasteiger partial charge in [0.2, 0.25) is 0 Å². The molecular formula is C25H43N3O. The van der Waals surface area contributed by atoms with Crippen LogP contribution >= 0.6 is 0 Å². The average molecular weight is 402 g/mol. The molecule has 4 heteroatoms. The fraction of sp³-hybridized carbons (Fsp3) is 0.760. The van der Waals surface area contributed by atoms with E-state index in [0.717, 1.165) is 38.2 Å². The van der Waals surface area contributed by atoms with Gasteiger partial charge in [0, 0.05) is 48.8 Å². The molecule has 1 aliphatic heterocycles. The number of pyridine rings is 1. The van der Waals surface area contributed by atoms with Gasteiger partial charge in [0.1, 0.15) is 0 Å². The van der Waals surface area contributed by atoms with Crippen molar-refractivity contribution in [3.63, 3.8) is 0 Å². The number of hydrogen-bond acceptors (Lipinski definition) is 4. The predicted octanol–water partition coefficient (Wildman–Crippen LogP) is 5.78. The van der Waals surface area contributed by atoms with Crippen LogP contribution in [-0.4, -0.2) is 47.9 Å². The molecule has 0 aliphatic carbocycles. The van der Waals surface area contributed by atoms with Crippen LogP contribution in [0.1, 0.15) is 84.9 Å². The summed E-state index contributed by atoms with van der Waals surface area (Å²) in [7, 11) is 1.92. The largest absolute Gasteiger partial charge is 0.375 e. The minimum atomic E-state index is -0.145. The molecule has 0 N–H and O–H groups in total. The maximum atomic E-state index is 6.34. The minimum Gasteiger partial charge on any atom is -0.375 e. The Balaban J connectivity index is 2.23. The lowest BCUT2D eigenvalue weighted by Crippen LogP contribution is -2.50. The zero-order valence-electron chi connectivity index (χ0n) is 20.1. The van der Waals surface area contributed by atoms with Crippen molar-refractivity contribution in [1.82, 2.24) is 9.88 Å². The number of likely N-dealkylation sites (tertiary alicyclic amines) is 1. The lowest BCUT2D eigenvalue weighted by Gasteiger charge is -2.46. The van der Waals surface area contributed by atoms with Crippen LogP contribution in [0.25, 0.3) is 0 Å². The van der Waals surface area contributed by atoms with Gasteiger partial charge in [0.25, 0.3) is 0 Å². The summed E-state index contributed by atoms with van der Waals surface area (Å²) in [6.07, 6.45) is 7.73. The van der Waals surface area contributed by atoms with E-state index in [9.17, 15) is 0 Å². The molecule has 1 aromatic rings. The lowest BCUT2D eigenvalue weighted by atomic mass is 9.69. The Morgan fingerprint density at radius 1 is 1.24 bits per heavy atom. The fourth-order valence-corrected chi connectivity index (χ4v) is 4.95. The van der Waals surface area contributed by atoms with Crippen molar-refractivity contribution in [2.24, 2.45) is 10.4 Å². The van der Waals surface area contributed by atoms with Gasteiger partial charge in [-0.15, -0.1) is 0 Å². The zero-order valence-corrected chi connectivity index (χ0v) is 20.1. The molecule has 0 bridgehead atoms. The molecule has 0 radical (unpaired) electrons. The van der Waals surface area contributed by atoms with Crippen molar-refractivity contribution >= 4 is 5.71 Å². The normalized spacial score (nSPS) is 21.7. The second kappa shape index (κ2) is 9.70. The summed E-state index contributed by atoms with van der Waals surface area (Å²) in [5, 5.41) is 0. The highest BCUT2D eigenvalue weighted by atomic mass is 16.5. The number of aryl methyl sites for hydroxylation is 1. The summed E-state index contributed by atoms with van der Waals surface area (Å²) in [5.41, 5.74) is 3.67. The monoisotopic (exact) mass is 401 g/mol. The Bertz CT molecular complexity index is 678. The van der Waals surface area contributed by atoms with Crippen molar-refractivity contribution in [1.29, 1.82) is 0 Å². The Labute approximate surface area is 179 Å². The Hall–Kier alpha value is -1.26. The summed E-state index contributed by atoms with van der Waals surface area (Å²) in [5.74, 6) is 0. The van der Waals surface area contributed by atoms with Crippen molar-refractivity contribution < 1.29 is 4.74 Å². The number of rotatable bonds is 10. The smallest absolute Gasteiger partial charge is 0.0695 e. The molecule has 4 nitrogen and oxygen atoms in total. The highest BCUT2D eigenvalue weighted by Crippen LogP contribution is 2.49. The maximum Gasteiger partial charge on any atom is 0.0695 e. The number of aliphatic imine (C=N–C) groups is 1. The van der Waals surface area contributed by atoms with E-state index in [0.29, 0.717) is 0 Å². The standard InChI is InChI=1S/C25H43N3O/c1-9-22(26-8)12-11-15-25(24(6,7)29-10-2)16-17-28(19-25)23(4,5)21-14-13-20(3)27-18-21/h13-14,18H,9-12,15-17,19H2,1-8H3/t25-/m1/s1. The second-order valence-electron chi connectivity index (χ2n) is 9.64. The molecule has 1 atom stereocenters. The van der Waals surface area contributed by atoms with Gasteiger partial charge in [-0.25, -0.2) is 0 Å². The average Bonchev–Trinajstić information content (AvgIpc) is 3.13. The SMILES string of the molecule is CCOC(C)(C)[C@]1(CCCC(CC)=NC)CCN(C(C)(C)c2ccc(C)nc2)C1. The van der Waals surface area contributed by atoms with E-state index in [1.54, 1.807) is 0 Å². The van der Waals surface area contributed by atoms with E-state index in [1.807, 2.05) is 20.2 Å². The Morgan fingerprint density at radius 3 is 2.52 bits per heavy atom. The van der Waals surface area contributed by atoms with Gasteiger partial charge in [-0.3, -0.25) is 14.9 Å². The van der Waals surface area contributed by atoms with Crippen LogP contribution in [0, 0.1) is 12.3 Å². The third kappa shape index (κ3) is 5.27. The quantitative estimate of drug-likeness (QED) is 0.466. The van der Waals surface area contributed by atoms with Crippen LogP contribution in [0.15, 0.2) is 23.3 Å². The summed E-state index contributed by atoms with van der Waals surface area (Å²) in [6, 6.07) is 4.36. The zero-order chi connectivity index (χ0) is 21.7. The van der Waals surface area contributed by atoms with Crippen LogP contribution in [0.5, 0.6) is 0 Å². The van der Waals surface area contributed by atoms with Crippen molar-refractivity contribution in [2.75, 3.05) is 26.7 Å². The van der Waals surface area contributed by atoms with E-state index in [1.165, 1.54) is 30.5 Å². The van der Waals surface area contributed by atoms with Crippen molar-refractivity contribution in [2.45, 2.75) is 91.7 Å². The summed E-state index contributed by atoms with van der Waals surface area (Å²) in [6.45, 7) is 18.6. The van der Waals surface area contributed by atoms with Gasteiger partial charge >= 0.3 is 0 Å². The van der Waals surface area contributed by atoms with Gasteiger partial charge in [0.05, 0.1) is 5.60 Å². The molecule has 0 spiro atoms. The molecule has 1 fully saturated rings. The molecule has 1 aliphatic rings. The first-order valence-corrected chi connectivity index (χ1v) is 11.4. The van der Waals surface area contributed by atoms with Gasteiger partial charge in [-0.2, -0.15) is 0 Å². The second-order valence-corrected chi connectivity index (χ2v) is 9.64. The highest BCUT2D eigenvalue weighted by Gasteiger charge is 2.52. The van der Waals surface area contributed by atoms with E-state index in [2.05, 4.69) is 68.6 Å². The molecule has 1 saturated heterocycles. The molecule has 0 saturated carbocycles. The first-order valence-electron chi connectivity index (χ1n) is 11.4. The maximum absolute atomic E-state index is 6.34. The van der Waals surface area contributed by atoms with Crippen LogP contribution in [0.3, 0.4) is 0 Å². The number of aromatic nitrogens is 1. The van der Waals surface area contributed by atoms with Crippen molar-refractivity contribution in [3.05, 3.63) is 29.6 Å². The highest BCUT2D eigenvalue weighted by molar-refractivity contribution is 5.83. The van der Waals surface area contributed by atoms with Crippen LogP contribution in [0.2, 0.25) is 0 Å². The third-order valence-corrected chi connectivity index (χ3v) is 7.39. The molecule has 0 amide bonds. The molecule has 2 rings (SSSR count). The van der Waals surface area contributed by atoms with Gasteiger partial charge in [-0.05, 0) is 91.8 Å². The topological polar surface area (TPSA) is 37.7 Å². The number of ether oxygens (including phenoxy) is 1.